The summed E-state index contributed by atoms with van der Waals surface area (Å²) in [5.74, 6) is -1.09. The van der Waals surface area contributed by atoms with Crippen LogP contribution in [0.5, 0.6) is 0 Å². The van der Waals surface area contributed by atoms with Crippen molar-refractivity contribution >= 4 is 21.7 Å². The Labute approximate surface area is 136 Å². The van der Waals surface area contributed by atoms with Crippen LogP contribution < -0.4 is 29.6 Å². The van der Waals surface area contributed by atoms with Gasteiger partial charge in [-0.05, 0) is 26.7 Å². The van der Waals surface area contributed by atoms with Crippen molar-refractivity contribution in [1.29, 1.82) is 0 Å². The second-order valence-corrected chi connectivity index (χ2v) is 5.99. The van der Waals surface area contributed by atoms with Crippen LogP contribution in [-0.2, 0) is 24.4 Å². The Morgan fingerprint density at radius 2 is 1.79 bits per heavy atom. The molecule has 0 saturated carbocycles. The summed E-state index contributed by atoms with van der Waals surface area (Å²) in [5, 5.41) is 0. The summed E-state index contributed by atoms with van der Waals surface area (Å²) >= 11 is 0. The number of carbonyl (C=O) groups is 2. The number of hydrogen-bond donors (Lipinski definition) is 0. The van der Waals surface area contributed by atoms with Crippen LogP contribution in [0, 0.1) is 5.41 Å². The molecule has 0 amide bonds. The van der Waals surface area contributed by atoms with Gasteiger partial charge in [-0.3, -0.25) is 9.59 Å². The summed E-state index contributed by atoms with van der Waals surface area (Å²) in [7, 11) is -2.87. The minimum absolute atomic E-state index is 0. The maximum absolute atomic E-state index is 11.8. The van der Waals surface area contributed by atoms with Crippen molar-refractivity contribution in [3.05, 3.63) is 0 Å². The fourth-order valence-electron chi connectivity index (χ4n) is 1.56. The zero-order valence-electron chi connectivity index (χ0n) is 11.9. The third-order valence-electron chi connectivity index (χ3n) is 2.99. The topological polar surface area (TPSA) is 101 Å². The molecule has 0 aliphatic rings. The molecule has 19 heavy (non-hydrogen) atoms. The molecule has 1 atom stereocenters. The van der Waals surface area contributed by atoms with Crippen molar-refractivity contribution < 1.29 is 56.9 Å². The molecule has 0 N–H and O–H groups in total. The van der Waals surface area contributed by atoms with Gasteiger partial charge in [-0.1, -0.05) is 6.42 Å². The summed E-state index contributed by atoms with van der Waals surface area (Å²) in [6, 6.07) is 0. The van der Waals surface area contributed by atoms with Crippen LogP contribution in [0.15, 0.2) is 0 Å². The van der Waals surface area contributed by atoms with E-state index in [9.17, 15) is 22.6 Å². The number of Topliss-reactive ketones (excluding diaryl/α,β-unsaturated/α-hetero) is 2. The Hall–Kier alpha value is 0.210. The quantitative estimate of drug-likeness (QED) is 0.202. The smallest absolute Gasteiger partial charge is 0.748 e. The molecule has 0 aromatic heterocycles. The molecule has 106 valence electrons. The molecule has 0 fully saturated rings. The Morgan fingerprint density at radius 3 is 2.16 bits per heavy atom. The zero-order chi connectivity index (χ0) is 14.4. The number of unbranched alkanes of at least 4 members (excludes halogenated alkanes) is 1. The third-order valence-corrected chi connectivity index (χ3v) is 3.78. The van der Waals surface area contributed by atoms with Gasteiger partial charge in [0.15, 0.2) is 5.78 Å². The number of methoxy groups -OCH3 is 1. The van der Waals surface area contributed by atoms with Gasteiger partial charge in [-0.25, -0.2) is 8.42 Å². The molecule has 0 aliphatic carbocycles. The van der Waals surface area contributed by atoms with Crippen molar-refractivity contribution in [2.45, 2.75) is 33.1 Å². The number of ketones is 2. The van der Waals surface area contributed by atoms with Gasteiger partial charge in [0.25, 0.3) is 0 Å². The van der Waals surface area contributed by atoms with E-state index in [2.05, 4.69) is 0 Å². The summed E-state index contributed by atoms with van der Waals surface area (Å²) in [4.78, 5) is 23.3. The van der Waals surface area contributed by atoms with Crippen LogP contribution in [-0.4, -0.2) is 44.0 Å². The summed E-state index contributed by atoms with van der Waals surface area (Å²) < 4.78 is 36.0. The number of carbonyl (C=O) groups excluding carboxylic acids is 2. The average molecular weight is 302 g/mol. The molecule has 0 saturated heterocycles. The molecule has 0 aliphatic heterocycles. The van der Waals surface area contributed by atoms with Crippen LogP contribution >= 0.6 is 0 Å². The Morgan fingerprint density at radius 1 is 1.26 bits per heavy atom. The first-order valence-electron chi connectivity index (χ1n) is 5.60. The van der Waals surface area contributed by atoms with E-state index >= 15 is 0 Å². The van der Waals surface area contributed by atoms with Gasteiger partial charge in [-0.2, -0.15) is 0 Å². The van der Waals surface area contributed by atoms with Gasteiger partial charge < -0.3 is 9.29 Å². The van der Waals surface area contributed by atoms with E-state index in [1.807, 2.05) is 0 Å². The first kappa shape index (κ1) is 21.5. The first-order chi connectivity index (χ1) is 8.13. The molecular weight excluding hydrogens is 283 g/mol. The van der Waals surface area contributed by atoms with Crippen molar-refractivity contribution in [3.63, 3.8) is 0 Å². The van der Waals surface area contributed by atoms with Gasteiger partial charge in [0, 0.05) is 12.9 Å². The summed E-state index contributed by atoms with van der Waals surface area (Å²) in [5.41, 5.74) is -1.16. The Kier molecular flexibility index (Phi) is 10.4. The van der Waals surface area contributed by atoms with E-state index in [4.69, 9.17) is 4.74 Å². The van der Waals surface area contributed by atoms with Crippen molar-refractivity contribution in [1.82, 2.24) is 0 Å². The van der Waals surface area contributed by atoms with Crippen molar-refractivity contribution in [2.24, 2.45) is 5.41 Å². The van der Waals surface area contributed by atoms with E-state index < -0.39 is 21.3 Å². The maximum atomic E-state index is 11.8. The van der Waals surface area contributed by atoms with Crippen LogP contribution in [0.25, 0.3) is 0 Å². The number of hydrogen-bond acceptors (Lipinski definition) is 6. The standard InChI is InChI=1S/C11H20O6S.Na/c1-9(12)11(2,10(13)8-17-3)6-4-5-7-18(14,15)16;/h4-8H2,1-3H3,(H,14,15,16);/q;+1/p-1. The number of ether oxygens (including phenoxy) is 1. The van der Waals surface area contributed by atoms with Crippen LogP contribution in [0.3, 0.4) is 0 Å². The van der Waals surface area contributed by atoms with Gasteiger partial charge in [0.2, 0.25) is 0 Å². The molecule has 0 aromatic rings. The summed E-state index contributed by atoms with van der Waals surface area (Å²) in [6.45, 7) is 2.68. The fourth-order valence-corrected chi connectivity index (χ4v) is 2.12. The molecule has 0 heterocycles. The molecule has 0 spiro atoms. The molecule has 8 heteroatoms. The second kappa shape index (κ2) is 9.20. The van der Waals surface area contributed by atoms with Gasteiger partial charge in [0.1, 0.15) is 12.4 Å². The normalized spacial score (nSPS) is 14.3. The molecule has 0 bridgehead atoms. The van der Waals surface area contributed by atoms with Crippen LogP contribution in [0.4, 0.5) is 0 Å². The SMILES string of the molecule is COCC(=O)C(C)(CCCCS(=O)(=O)[O-])C(C)=O.[Na+]. The Bertz CT molecular complexity index is 405. The minimum atomic E-state index is -4.24. The van der Waals surface area contributed by atoms with E-state index in [1.165, 1.54) is 21.0 Å². The zero-order valence-corrected chi connectivity index (χ0v) is 14.7. The molecule has 0 aromatic carbocycles. The monoisotopic (exact) mass is 302 g/mol. The van der Waals surface area contributed by atoms with Crippen molar-refractivity contribution in [2.75, 3.05) is 19.5 Å². The molecule has 0 radical (unpaired) electrons. The summed E-state index contributed by atoms with van der Waals surface area (Å²) in [6.07, 6.45) is 0.696. The predicted octanol–water partition coefficient (Wildman–Crippen LogP) is -2.48. The van der Waals surface area contributed by atoms with Gasteiger partial charge in [0.05, 0.1) is 15.5 Å². The Balaban J connectivity index is 0. The van der Waals surface area contributed by atoms with E-state index in [0.717, 1.165) is 0 Å². The molecule has 1 unspecified atom stereocenters. The average Bonchev–Trinajstić information content (AvgIpc) is 2.22. The first-order valence-corrected chi connectivity index (χ1v) is 7.18. The largest absolute Gasteiger partial charge is 1.00 e. The molecule has 6 nitrogen and oxygen atoms in total. The second-order valence-electron chi connectivity index (χ2n) is 4.46. The van der Waals surface area contributed by atoms with E-state index in [-0.39, 0.29) is 60.6 Å². The van der Waals surface area contributed by atoms with Gasteiger partial charge >= 0.3 is 29.6 Å². The number of rotatable bonds is 9. The van der Waals surface area contributed by atoms with Crippen molar-refractivity contribution in [3.8, 4) is 0 Å². The van der Waals surface area contributed by atoms with Crippen LogP contribution in [0.1, 0.15) is 33.1 Å². The van der Waals surface area contributed by atoms with E-state index in [0.29, 0.717) is 6.42 Å². The van der Waals surface area contributed by atoms with E-state index in [1.54, 1.807) is 0 Å². The molecular formula is C11H19NaO6S. The predicted molar refractivity (Wildman–Crippen MR) is 64.1 cm³/mol. The van der Waals surface area contributed by atoms with Gasteiger partial charge in [-0.15, -0.1) is 0 Å². The third kappa shape index (κ3) is 8.16. The molecule has 0 rings (SSSR count). The maximum Gasteiger partial charge on any atom is 1.00 e. The van der Waals surface area contributed by atoms with Crippen LogP contribution in [0.2, 0.25) is 0 Å². The minimum Gasteiger partial charge on any atom is -0.748 e. The fraction of sp³-hybridized carbons (Fsp3) is 0.818.